The van der Waals surface area contributed by atoms with E-state index in [1.165, 1.54) is 19.3 Å². The molecule has 1 N–H and O–H groups in total. The van der Waals surface area contributed by atoms with Crippen molar-refractivity contribution in [3.8, 4) is 11.5 Å². The number of para-hydroxylation sites is 1. The molecule has 2 rings (SSSR count). The van der Waals surface area contributed by atoms with Gasteiger partial charge in [0.2, 0.25) is 0 Å². The highest BCUT2D eigenvalue weighted by Crippen LogP contribution is 2.21. The molecule has 0 spiro atoms. The first-order chi connectivity index (χ1) is 13.7. The van der Waals surface area contributed by atoms with Crippen LogP contribution in [0, 0.1) is 0 Å². The second kappa shape index (κ2) is 12.8. The lowest BCUT2D eigenvalue weighted by molar-refractivity contribution is 0.102. The summed E-state index contributed by atoms with van der Waals surface area (Å²) in [5, 5.41) is 2.94. The Hall–Kier alpha value is -2.49. The molecule has 152 valence electrons. The molecule has 0 aliphatic carbocycles. The Morgan fingerprint density at radius 1 is 0.786 bits per heavy atom. The number of carbonyl (C=O) groups excluding carboxylic acids is 1. The maximum Gasteiger partial charge on any atom is 0.259 e. The molecule has 0 atom stereocenters. The van der Waals surface area contributed by atoms with E-state index in [-0.39, 0.29) is 5.91 Å². The van der Waals surface area contributed by atoms with E-state index in [0.29, 0.717) is 17.9 Å². The number of ether oxygens (including phenoxy) is 2. The largest absolute Gasteiger partial charge is 0.494 e. The second-order valence-corrected chi connectivity index (χ2v) is 6.94. The predicted octanol–water partition coefficient (Wildman–Crippen LogP) is 6.47. The SMILES string of the molecule is CCCCCCOc1ccc(NC(=O)c2ccccc2OCCCCC)cc1. The smallest absolute Gasteiger partial charge is 0.259 e. The van der Waals surface area contributed by atoms with Crippen LogP contribution in [-0.2, 0) is 0 Å². The van der Waals surface area contributed by atoms with Gasteiger partial charge in [0.25, 0.3) is 5.91 Å². The van der Waals surface area contributed by atoms with Crippen molar-refractivity contribution in [1.82, 2.24) is 0 Å². The summed E-state index contributed by atoms with van der Waals surface area (Å²) in [4.78, 5) is 12.7. The van der Waals surface area contributed by atoms with Crippen LogP contribution in [0.25, 0.3) is 0 Å². The number of hydrogen-bond donors (Lipinski definition) is 1. The molecule has 0 fully saturated rings. The summed E-state index contributed by atoms with van der Waals surface area (Å²) in [7, 11) is 0. The number of hydrogen-bond acceptors (Lipinski definition) is 3. The van der Waals surface area contributed by atoms with Crippen LogP contribution in [-0.4, -0.2) is 19.1 Å². The molecular formula is C24H33NO3. The summed E-state index contributed by atoms with van der Waals surface area (Å²) >= 11 is 0. The molecule has 0 aliphatic heterocycles. The number of amides is 1. The third-order valence-electron chi connectivity index (χ3n) is 4.52. The van der Waals surface area contributed by atoms with Crippen molar-refractivity contribution in [2.75, 3.05) is 18.5 Å². The van der Waals surface area contributed by atoms with Crippen LogP contribution in [0.15, 0.2) is 48.5 Å². The summed E-state index contributed by atoms with van der Waals surface area (Å²) in [6.07, 6.45) is 8.00. The molecule has 0 aliphatic rings. The number of anilines is 1. The van der Waals surface area contributed by atoms with Gasteiger partial charge >= 0.3 is 0 Å². The fourth-order valence-electron chi connectivity index (χ4n) is 2.87. The molecule has 0 heterocycles. The van der Waals surface area contributed by atoms with Gasteiger partial charge in [-0.25, -0.2) is 0 Å². The molecule has 0 aromatic heterocycles. The average molecular weight is 384 g/mol. The number of nitrogens with one attached hydrogen (secondary N) is 1. The highest BCUT2D eigenvalue weighted by molar-refractivity contribution is 6.06. The first kappa shape index (κ1) is 21.8. The summed E-state index contributed by atoms with van der Waals surface area (Å²) < 4.78 is 11.6. The van der Waals surface area contributed by atoms with E-state index in [0.717, 1.165) is 43.7 Å². The molecule has 0 saturated carbocycles. The van der Waals surface area contributed by atoms with Gasteiger partial charge in [-0.05, 0) is 49.2 Å². The van der Waals surface area contributed by atoms with E-state index in [1.54, 1.807) is 6.07 Å². The molecule has 1 amide bonds. The van der Waals surface area contributed by atoms with E-state index in [9.17, 15) is 4.79 Å². The van der Waals surface area contributed by atoms with Gasteiger partial charge in [0.1, 0.15) is 11.5 Å². The molecule has 2 aromatic rings. The zero-order valence-corrected chi connectivity index (χ0v) is 17.2. The topological polar surface area (TPSA) is 47.6 Å². The Morgan fingerprint density at radius 3 is 2.18 bits per heavy atom. The first-order valence-electron chi connectivity index (χ1n) is 10.5. The van der Waals surface area contributed by atoms with Gasteiger partial charge in [0, 0.05) is 5.69 Å². The Bertz CT molecular complexity index is 697. The minimum atomic E-state index is -0.167. The highest BCUT2D eigenvalue weighted by atomic mass is 16.5. The predicted molar refractivity (Wildman–Crippen MR) is 115 cm³/mol. The average Bonchev–Trinajstić information content (AvgIpc) is 2.72. The molecule has 2 aromatic carbocycles. The molecule has 4 heteroatoms. The van der Waals surface area contributed by atoms with Crippen LogP contribution in [0.4, 0.5) is 5.69 Å². The number of unbranched alkanes of at least 4 members (excludes halogenated alkanes) is 5. The Labute approximate surface area is 169 Å². The third kappa shape index (κ3) is 7.63. The Kier molecular flexibility index (Phi) is 9.98. The lowest BCUT2D eigenvalue weighted by Gasteiger charge is -2.12. The van der Waals surface area contributed by atoms with Gasteiger partial charge in [-0.15, -0.1) is 0 Å². The summed E-state index contributed by atoms with van der Waals surface area (Å²) in [5.74, 6) is 1.29. The molecule has 0 unspecified atom stereocenters. The van der Waals surface area contributed by atoms with E-state index < -0.39 is 0 Å². The summed E-state index contributed by atoms with van der Waals surface area (Å²) in [5.41, 5.74) is 1.29. The van der Waals surface area contributed by atoms with Crippen LogP contribution in [0.3, 0.4) is 0 Å². The molecule has 0 saturated heterocycles. The van der Waals surface area contributed by atoms with Gasteiger partial charge in [0.05, 0.1) is 18.8 Å². The second-order valence-electron chi connectivity index (χ2n) is 6.94. The van der Waals surface area contributed by atoms with Crippen LogP contribution >= 0.6 is 0 Å². The standard InChI is InChI=1S/C24H33NO3/c1-3-5-7-11-18-27-21-16-14-20(15-17-21)25-24(26)22-12-8-9-13-23(22)28-19-10-6-4-2/h8-9,12-17H,3-7,10-11,18-19H2,1-2H3,(H,25,26). The van der Waals surface area contributed by atoms with E-state index >= 15 is 0 Å². The lowest BCUT2D eigenvalue weighted by Crippen LogP contribution is -2.14. The van der Waals surface area contributed by atoms with Crippen LogP contribution in [0.5, 0.6) is 11.5 Å². The fraction of sp³-hybridized carbons (Fsp3) is 0.458. The fourth-order valence-corrected chi connectivity index (χ4v) is 2.87. The van der Waals surface area contributed by atoms with Crippen molar-refractivity contribution in [2.45, 2.75) is 58.8 Å². The van der Waals surface area contributed by atoms with Gasteiger partial charge in [-0.3, -0.25) is 4.79 Å². The van der Waals surface area contributed by atoms with Gasteiger partial charge in [-0.1, -0.05) is 58.1 Å². The molecule has 28 heavy (non-hydrogen) atoms. The molecule has 0 radical (unpaired) electrons. The van der Waals surface area contributed by atoms with Crippen molar-refractivity contribution < 1.29 is 14.3 Å². The van der Waals surface area contributed by atoms with E-state index in [2.05, 4.69) is 19.2 Å². The van der Waals surface area contributed by atoms with Gasteiger partial charge < -0.3 is 14.8 Å². The van der Waals surface area contributed by atoms with E-state index in [4.69, 9.17) is 9.47 Å². The van der Waals surface area contributed by atoms with Gasteiger partial charge in [0.15, 0.2) is 0 Å². The quantitative estimate of drug-likeness (QED) is 0.403. The number of rotatable bonds is 13. The molecular weight excluding hydrogens is 350 g/mol. The Morgan fingerprint density at radius 2 is 1.43 bits per heavy atom. The van der Waals surface area contributed by atoms with Crippen LogP contribution < -0.4 is 14.8 Å². The third-order valence-corrected chi connectivity index (χ3v) is 4.52. The summed E-state index contributed by atoms with van der Waals surface area (Å²) in [6.45, 7) is 5.71. The van der Waals surface area contributed by atoms with Crippen molar-refractivity contribution in [2.24, 2.45) is 0 Å². The normalized spacial score (nSPS) is 10.5. The number of benzene rings is 2. The lowest BCUT2D eigenvalue weighted by atomic mass is 10.1. The van der Waals surface area contributed by atoms with Crippen LogP contribution in [0.1, 0.15) is 69.2 Å². The maximum atomic E-state index is 12.7. The van der Waals surface area contributed by atoms with Crippen LogP contribution in [0.2, 0.25) is 0 Å². The monoisotopic (exact) mass is 383 g/mol. The first-order valence-corrected chi connectivity index (χ1v) is 10.5. The van der Waals surface area contributed by atoms with Gasteiger partial charge in [-0.2, -0.15) is 0 Å². The Balaban J connectivity index is 1.87. The zero-order chi connectivity index (χ0) is 20.0. The zero-order valence-electron chi connectivity index (χ0n) is 17.2. The minimum Gasteiger partial charge on any atom is -0.494 e. The van der Waals surface area contributed by atoms with Crippen molar-refractivity contribution >= 4 is 11.6 Å². The highest BCUT2D eigenvalue weighted by Gasteiger charge is 2.12. The number of carbonyl (C=O) groups is 1. The van der Waals surface area contributed by atoms with Crippen molar-refractivity contribution in [3.05, 3.63) is 54.1 Å². The van der Waals surface area contributed by atoms with Crippen molar-refractivity contribution in [1.29, 1.82) is 0 Å². The molecule has 0 bridgehead atoms. The van der Waals surface area contributed by atoms with E-state index in [1.807, 2.05) is 42.5 Å². The maximum absolute atomic E-state index is 12.7. The van der Waals surface area contributed by atoms with Crippen molar-refractivity contribution in [3.63, 3.8) is 0 Å². The minimum absolute atomic E-state index is 0.167. The summed E-state index contributed by atoms with van der Waals surface area (Å²) in [6, 6.07) is 14.9. The molecule has 4 nitrogen and oxygen atoms in total.